The van der Waals surface area contributed by atoms with Gasteiger partial charge in [0.25, 0.3) is 0 Å². The van der Waals surface area contributed by atoms with Crippen molar-refractivity contribution in [2.24, 2.45) is 0 Å². The topological polar surface area (TPSA) is 139 Å². The van der Waals surface area contributed by atoms with Crippen molar-refractivity contribution in [1.29, 1.82) is 0 Å². The summed E-state index contributed by atoms with van der Waals surface area (Å²) in [7, 11) is 1.68. The molecule has 40 heavy (non-hydrogen) atoms. The first-order valence-corrected chi connectivity index (χ1v) is 14.5. The summed E-state index contributed by atoms with van der Waals surface area (Å²) in [5.74, 6) is 2.24. The Balaban J connectivity index is 1.11. The Morgan fingerprint density at radius 3 is 2.83 bits per heavy atom. The molecule has 2 atom stereocenters. The largest absolute Gasteiger partial charge is 0.495 e. The number of ether oxygens (including phenoxy) is 1. The van der Waals surface area contributed by atoms with E-state index < -0.39 is 0 Å². The Hall–Kier alpha value is -3.51. The van der Waals surface area contributed by atoms with Gasteiger partial charge in [0.05, 0.1) is 26.4 Å². The Kier molecular flexibility index (Phi) is 7.70. The number of aromatic nitrogens is 5. The van der Waals surface area contributed by atoms with Crippen molar-refractivity contribution in [2.45, 2.75) is 63.6 Å². The first kappa shape index (κ1) is 26.7. The molecule has 6 heterocycles. The predicted molar refractivity (Wildman–Crippen MR) is 153 cm³/mol. The fraction of sp³-hybridized carbons (Fsp3) is 0.607. The van der Waals surface area contributed by atoms with Crippen molar-refractivity contribution in [3.05, 3.63) is 29.7 Å². The highest BCUT2D eigenvalue weighted by Gasteiger charge is 2.39. The van der Waals surface area contributed by atoms with Crippen molar-refractivity contribution in [3.8, 4) is 5.75 Å². The molecule has 4 N–H and O–H groups in total. The van der Waals surface area contributed by atoms with Crippen LogP contribution in [0.25, 0.3) is 11.0 Å². The van der Waals surface area contributed by atoms with Crippen LogP contribution < -0.4 is 21.1 Å². The van der Waals surface area contributed by atoms with Crippen LogP contribution in [0.4, 0.5) is 11.8 Å². The Labute approximate surface area is 234 Å². The highest BCUT2D eigenvalue weighted by Crippen LogP contribution is 2.32. The van der Waals surface area contributed by atoms with Crippen LogP contribution in [0.15, 0.2) is 18.5 Å². The van der Waals surface area contributed by atoms with E-state index in [0.29, 0.717) is 42.4 Å². The van der Waals surface area contributed by atoms with Gasteiger partial charge in [-0.05, 0) is 43.2 Å². The van der Waals surface area contributed by atoms with Gasteiger partial charge in [0.2, 0.25) is 11.9 Å². The van der Waals surface area contributed by atoms with Crippen LogP contribution >= 0.6 is 0 Å². The summed E-state index contributed by atoms with van der Waals surface area (Å²) in [5.41, 5.74) is 9.37. The maximum absolute atomic E-state index is 13.0. The van der Waals surface area contributed by atoms with Gasteiger partial charge in [-0.25, -0.2) is 4.98 Å². The lowest BCUT2D eigenvalue weighted by Gasteiger charge is -2.34. The van der Waals surface area contributed by atoms with Crippen LogP contribution in [0.2, 0.25) is 0 Å². The molecule has 0 radical (unpaired) electrons. The van der Waals surface area contributed by atoms with Crippen LogP contribution in [0.1, 0.15) is 56.2 Å². The van der Waals surface area contributed by atoms with Crippen molar-refractivity contribution in [3.63, 3.8) is 0 Å². The molecule has 12 heteroatoms. The van der Waals surface area contributed by atoms with Gasteiger partial charge in [0, 0.05) is 51.0 Å². The first-order chi connectivity index (χ1) is 19.5. The molecule has 6 rings (SSSR count). The van der Waals surface area contributed by atoms with Crippen LogP contribution in [-0.2, 0) is 11.3 Å². The van der Waals surface area contributed by atoms with Crippen LogP contribution in [-0.4, -0.2) is 98.9 Å². The Morgan fingerprint density at radius 1 is 1.25 bits per heavy atom. The lowest BCUT2D eigenvalue weighted by Crippen LogP contribution is -2.49. The van der Waals surface area contributed by atoms with Gasteiger partial charge in [0.1, 0.15) is 22.5 Å². The summed E-state index contributed by atoms with van der Waals surface area (Å²) in [5, 5.41) is 11.5. The molecule has 3 aliphatic rings. The number of piperidine rings is 1. The number of carbonyl (C=O) groups excluding carboxylic acids is 1. The summed E-state index contributed by atoms with van der Waals surface area (Å²) in [6, 6.07) is 3.19. The highest BCUT2D eigenvalue weighted by molar-refractivity contribution is 5.86. The predicted octanol–water partition coefficient (Wildman–Crippen LogP) is 1.82. The summed E-state index contributed by atoms with van der Waals surface area (Å²) >= 11 is 0. The van der Waals surface area contributed by atoms with Crippen molar-refractivity contribution < 1.29 is 9.53 Å². The fourth-order valence-electron chi connectivity index (χ4n) is 6.37. The second-order valence-electron chi connectivity index (χ2n) is 11.2. The average molecular weight is 549 g/mol. The monoisotopic (exact) mass is 548 g/mol. The van der Waals surface area contributed by atoms with E-state index in [1.807, 2.05) is 15.8 Å². The number of nitrogens with one attached hydrogen (secondary N) is 2. The zero-order valence-electron chi connectivity index (χ0n) is 23.5. The summed E-state index contributed by atoms with van der Waals surface area (Å²) in [4.78, 5) is 31.0. The molecular formula is C28H40N10O2. The molecule has 0 aliphatic carbocycles. The normalized spacial score (nSPS) is 21.4. The number of nitrogen functional groups attached to an aromatic ring is 1. The number of amides is 1. The smallest absolute Gasteiger partial charge is 0.236 e. The molecule has 3 fully saturated rings. The van der Waals surface area contributed by atoms with Gasteiger partial charge in [-0.1, -0.05) is 13.3 Å². The van der Waals surface area contributed by atoms with E-state index in [1.54, 1.807) is 13.3 Å². The first-order valence-electron chi connectivity index (χ1n) is 14.5. The quantitative estimate of drug-likeness (QED) is 0.322. The third-order valence-electron chi connectivity index (χ3n) is 8.63. The second-order valence-corrected chi connectivity index (χ2v) is 11.2. The number of hydrogen-bond donors (Lipinski definition) is 3. The molecule has 214 valence electrons. The van der Waals surface area contributed by atoms with Gasteiger partial charge in [-0.3, -0.25) is 19.4 Å². The number of hydrogen-bond acceptors (Lipinski definition) is 10. The number of piperazine rings is 1. The number of carbonyl (C=O) groups is 1. The number of pyridine rings is 1. The van der Waals surface area contributed by atoms with Crippen molar-refractivity contribution in [1.82, 2.24) is 39.8 Å². The van der Waals surface area contributed by atoms with E-state index in [-0.39, 0.29) is 11.9 Å². The molecule has 0 unspecified atom stereocenters. The molecule has 3 aromatic heterocycles. The second kappa shape index (κ2) is 11.5. The van der Waals surface area contributed by atoms with Crippen molar-refractivity contribution in [2.75, 3.05) is 57.4 Å². The van der Waals surface area contributed by atoms with Crippen LogP contribution in [0.3, 0.4) is 0 Å². The summed E-state index contributed by atoms with van der Waals surface area (Å²) < 4.78 is 7.63. The van der Waals surface area contributed by atoms with Crippen LogP contribution in [0.5, 0.6) is 5.75 Å². The molecule has 2 bridgehead atoms. The number of nitrogens with zero attached hydrogens (tertiary/aromatic N) is 7. The van der Waals surface area contributed by atoms with E-state index in [2.05, 4.69) is 43.6 Å². The molecule has 12 nitrogen and oxygen atoms in total. The minimum Gasteiger partial charge on any atom is -0.495 e. The van der Waals surface area contributed by atoms with Gasteiger partial charge in [-0.15, -0.1) is 0 Å². The van der Waals surface area contributed by atoms with Gasteiger partial charge in [0.15, 0.2) is 5.82 Å². The third-order valence-corrected chi connectivity index (χ3v) is 8.63. The SMILES string of the molecule is CCCCNc1nc(N)nc2cnn(Cc3ncc(C4CCN(C(=O)CN5C[C@@H]6C[C@H]5CN6)CC4)cc3OC)c12. The number of unbranched alkanes of at least 4 members (excludes halogenated alkanes) is 1. The average Bonchev–Trinajstić information content (AvgIpc) is 3.70. The number of nitrogens with two attached hydrogens (primary N) is 1. The lowest BCUT2D eigenvalue weighted by atomic mass is 9.90. The molecule has 1 amide bonds. The number of likely N-dealkylation sites (tertiary alicyclic amines) is 2. The molecule has 0 aromatic carbocycles. The number of methoxy groups -OCH3 is 1. The molecular weight excluding hydrogens is 508 g/mol. The summed E-state index contributed by atoms with van der Waals surface area (Å²) in [6.45, 7) is 7.49. The fourth-order valence-corrected chi connectivity index (χ4v) is 6.37. The van der Waals surface area contributed by atoms with E-state index in [9.17, 15) is 4.79 Å². The molecule has 3 aromatic rings. The van der Waals surface area contributed by atoms with E-state index in [0.717, 1.165) is 80.9 Å². The molecule has 0 saturated carbocycles. The molecule has 3 aliphatic heterocycles. The maximum atomic E-state index is 13.0. The van der Waals surface area contributed by atoms with Crippen molar-refractivity contribution >= 4 is 28.7 Å². The van der Waals surface area contributed by atoms with Gasteiger partial charge >= 0.3 is 0 Å². The molecule has 0 spiro atoms. The maximum Gasteiger partial charge on any atom is 0.236 e. The number of anilines is 2. The Morgan fingerprint density at radius 2 is 2.10 bits per heavy atom. The summed E-state index contributed by atoms with van der Waals surface area (Å²) in [6.07, 6.45) is 8.80. The lowest BCUT2D eigenvalue weighted by molar-refractivity contribution is -0.133. The van der Waals surface area contributed by atoms with Gasteiger partial charge < -0.3 is 26.0 Å². The zero-order chi connectivity index (χ0) is 27.6. The third kappa shape index (κ3) is 5.42. The van der Waals surface area contributed by atoms with Gasteiger partial charge in [-0.2, -0.15) is 10.1 Å². The minimum absolute atomic E-state index is 0.221. The standard InChI is InChI=1S/C28H40N10O2/c1-3-4-7-30-27-26-22(34-28(29)35-27)14-33-38(26)16-23-24(40-2)10-19(12-32-23)18-5-8-36(9-6-18)25(39)17-37-15-20-11-21(37)13-31-20/h10,12,14,18,20-21,31H,3-9,11,13,15-17H2,1-2H3,(H3,29,30,34,35)/t20-,21-/m0/s1. The Bertz CT molecular complexity index is 1350. The highest BCUT2D eigenvalue weighted by atomic mass is 16.5. The van der Waals surface area contributed by atoms with Crippen LogP contribution in [0, 0.1) is 0 Å². The van der Waals surface area contributed by atoms with E-state index in [1.165, 1.54) is 6.42 Å². The van der Waals surface area contributed by atoms with E-state index in [4.69, 9.17) is 15.5 Å². The number of rotatable bonds is 10. The molecule has 3 saturated heterocycles. The zero-order valence-corrected chi connectivity index (χ0v) is 23.5. The van der Waals surface area contributed by atoms with E-state index >= 15 is 0 Å². The number of fused-ring (bicyclic) bond motifs is 3. The minimum atomic E-state index is 0.221.